The molecule has 1 aromatic heterocycles. The van der Waals surface area contributed by atoms with Crippen molar-refractivity contribution in [3.05, 3.63) is 93.3 Å². The van der Waals surface area contributed by atoms with Gasteiger partial charge in [0.1, 0.15) is 17.5 Å². The number of aromatic amines is 1. The molecule has 1 aliphatic heterocycles. The second-order valence-electron chi connectivity index (χ2n) is 14.2. The van der Waals surface area contributed by atoms with E-state index in [1.54, 1.807) is 64.1 Å². The molecular weight excluding hydrogens is 789 g/mol. The maximum absolute atomic E-state index is 17.0. The van der Waals surface area contributed by atoms with E-state index in [4.69, 9.17) is 32.3 Å². The Hall–Kier alpha value is -4.15. The monoisotopic (exact) mass is 840 g/mol. The molecule has 0 spiro atoms. The Morgan fingerprint density at radius 3 is 2.07 bits per heavy atom. The third-order valence-corrected chi connectivity index (χ3v) is 11.7. The Labute approximate surface area is 330 Å². The molecular formula is C37H51FN4O13P2. The van der Waals surface area contributed by atoms with Crippen LogP contribution in [-0.2, 0) is 42.0 Å². The Bertz CT molecular complexity index is 2020. The number of halogens is 1. The van der Waals surface area contributed by atoms with Gasteiger partial charge >= 0.3 is 33.1 Å². The van der Waals surface area contributed by atoms with Crippen molar-refractivity contribution in [1.29, 1.82) is 0 Å². The highest BCUT2D eigenvalue weighted by molar-refractivity contribution is 7.52. The summed E-state index contributed by atoms with van der Waals surface area (Å²) >= 11 is 0. The molecule has 0 aliphatic carbocycles. The van der Waals surface area contributed by atoms with Crippen LogP contribution in [0.3, 0.4) is 0 Å². The molecule has 17 nitrogen and oxygen atoms in total. The fourth-order valence-electron chi connectivity index (χ4n) is 5.50. The van der Waals surface area contributed by atoms with Crippen molar-refractivity contribution >= 4 is 27.4 Å². The second-order valence-corrected chi connectivity index (χ2v) is 17.6. The SMILES string of the molecule is Cc1cn([C@@H]2O[C@H](COP(=O)(NCCCC(=O)OC(C)C)Oc3ccccc3)C(C)(COP(=O)(N[C@@H](C)C(=O)OC(C)C)Oc3ccccc3)C2F)c(=O)[nH]c1=O. The Balaban J connectivity index is 1.66. The predicted molar refractivity (Wildman–Crippen MR) is 207 cm³/mol. The van der Waals surface area contributed by atoms with Crippen LogP contribution in [0.5, 0.6) is 11.5 Å². The molecule has 0 radical (unpaired) electrons. The molecule has 2 aromatic carbocycles. The quantitative estimate of drug-likeness (QED) is 0.0663. The Morgan fingerprint density at radius 1 is 0.912 bits per heavy atom. The van der Waals surface area contributed by atoms with Crippen LogP contribution < -0.4 is 30.5 Å². The van der Waals surface area contributed by atoms with Crippen molar-refractivity contribution < 1.29 is 55.4 Å². The van der Waals surface area contributed by atoms with Gasteiger partial charge in [-0.2, -0.15) is 5.09 Å². The number of alkyl halides is 1. The van der Waals surface area contributed by atoms with Gasteiger partial charge in [-0.25, -0.2) is 23.4 Å². The van der Waals surface area contributed by atoms with Crippen LogP contribution in [0.1, 0.15) is 66.2 Å². The molecule has 7 atom stereocenters. The minimum atomic E-state index is -4.55. The molecule has 4 unspecified atom stereocenters. The molecule has 3 aromatic rings. The number of nitrogens with zero attached hydrogens (tertiary/aromatic N) is 1. The number of nitrogens with one attached hydrogen (secondary N) is 3. The maximum atomic E-state index is 17.0. The summed E-state index contributed by atoms with van der Waals surface area (Å²) in [6, 6.07) is 14.8. The first-order valence-corrected chi connectivity index (χ1v) is 21.4. The highest BCUT2D eigenvalue weighted by Crippen LogP contribution is 2.53. The molecule has 0 saturated carbocycles. The van der Waals surface area contributed by atoms with E-state index in [-0.39, 0.29) is 42.6 Å². The van der Waals surface area contributed by atoms with Gasteiger partial charge in [0.25, 0.3) is 5.56 Å². The fourth-order valence-corrected chi connectivity index (χ4v) is 8.48. The first-order valence-electron chi connectivity index (χ1n) is 18.4. The lowest BCUT2D eigenvalue weighted by atomic mass is 9.82. The van der Waals surface area contributed by atoms with Crippen LogP contribution in [0.2, 0.25) is 0 Å². The number of H-pyrrole nitrogens is 1. The standard InChI is InChI=1S/C37H51FN4O13P2/c1-24(2)51-31(43)19-14-20-39-56(47,54-28-15-10-8-11-16-28)49-22-30-37(7,32(38)34(53-30)42-21-26(5)33(44)40-36(42)46)23-50-57(48,55-29-17-12-9-13-18-29)41-27(6)35(45)52-25(3)4/h8-13,15-18,21,24-25,27,30,32,34H,14,19-20,22-23H2,1-7H3,(H,39,47)(H,41,48)(H,40,44,46)/t27-,30+,32?,34+,37?,56?,57?/m0/s1. The van der Waals surface area contributed by atoms with Gasteiger partial charge in [0, 0.05) is 24.7 Å². The number of esters is 2. The van der Waals surface area contributed by atoms with Crippen molar-refractivity contribution in [2.75, 3.05) is 19.8 Å². The normalized spacial score (nSPS) is 22.0. The summed E-state index contributed by atoms with van der Waals surface area (Å²) in [6.45, 7) is 9.47. The summed E-state index contributed by atoms with van der Waals surface area (Å²) in [6.07, 6.45) is -4.70. The lowest BCUT2D eigenvalue weighted by molar-refractivity contribution is -0.149. The van der Waals surface area contributed by atoms with Crippen LogP contribution in [0.4, 0.5) is 4.39 Å². The molecule has 314 valence electrons. The van der Waals surface area contributed by atoms with Gasteiger partial charge in [-0.1, -0.05) is 43.3 Å². The van der Waals surface area contributed by atoms with Gasteiger partial charge in [-0.3, -0.25) is 33.0 Å². The molecule has 3 N–H and O–H groups in total. The average Bonchev–Trinajstić information content (AvgIpc) is 3.39. The Morgan fingerprint density at radius 2 is 1.49 bits per heavy atom. The van der Waals surface area contributed by atoms with E-state index in [0.717, 1.165) is 10.8 Å². The first-order chi connectivity index (χ1) is 26.8. The number of aromatic nitrogens is 2. The van der Waals surface area contributed by atoms with Crippen molar-refractivity contribution in [3.63, 3.8) is 0 Å². The van der Waals surface area contributed by atoms with E-state index < -0.39 is 88.0 Å². The van der Waals surface area contributed by atoms with Gasteiger partial charge in [0.15, 0.2) is 12.4 Å². The Kier molecular flexibility index (Phi) is 16.0. The van der Waals surface area contributed by atoms with Gasteiger partial charge in [-0.05, 0) is 72.2 Å². The third-order valence-electron chi connectivity index (χ3n) is 8.51. The zero-order valence-electron chi connectivity index (χ0n) is 32.9. The van der Waals surface area contributed by atoms with Crippen molar-refractivity contribution in [1.82, 2.24) is 19.7 Å². The second kappa shape index (κ2) is 20.0. The summed E-state index contributed by atoms with van der Waals surface area (Å²) in [5, 5.41) is 5.27. The largest absolute Gasteiger partial charge is 0.463 e. The highest BCUT2D eigenvalue weighted by atomic mass is 31.2. The smallest absolute Gasteiger partial charge is 0.459 e. The number of hydrogen-bond acceptors (Lipinski definition) is 13. The van der Waals surface area contributed by atoms with E-state index in [1.807, 2.05) is 0 Å². The van der Waals surface area contributed by atoms with E-state index in [1.165, 1.54) is 45.0 Å². The van der Waals surface area contributed by atoms with E-state index in [0.29, 0.717) is 0 Å². The summed E-state index contributed by atoms with van der Waals surface area (Å²) < 4.78 is 86.3. The number of ether oxygens (including phenoxy) is 3. The molecule has 1 aliphatic rings. The number of aryl methyl sites for hydroxylation is 1. The number of carbonyl (C=O) groups excluding carboxylic acids is 2. The third kappa shape index (κ3) is 12.9. The van der Waals surface area contributed by atoms with Crippen LogP contribution in [0, 0.1) is 12.3 Å². The molecule has 4 rings (SSSR count). The number of hydrogen-bond donors (Lipinski definition) is 3. The van der Waals surface area contributed by atoms with E-state index in [2.05, 4.69) is 15.2 Å². The number of rotatable bonds is 21. The summed E-state index contributed by atoms with van der Waals surface area (Å²) in [5.74, 6) is -0.957. The topological polar surface area (TPSA) is 212 Å². The van der Waals surface area contributed by atoms with E-state index in [9.17, 15) is 28.3 Å². The lowest BCUT2D eigenvalue weighted by Gasteiger charge is -2.33. The fraction of sp³-hybridized carbons (Fsp3) is 0.514. The number of carbonyl (C=O) groups is 2. The zero-order valence-corrected chi connectivity index (χ0v) is 34.7. The predicted octanol–water partition coefficient (Wildman–Crippen LogP) is 5.75. The molecule has 57 heavy (non-hydrogen) atoms. The number of para-hydroxylation sites is 2. The minimum absolute atomic E-state index is 0.00314. The highest BCUT2D eigenvalue weighted by Gasteiger charge is 2.57. The summed E-state index contributed by atoms with van der Waals surface area (Å²) in [5.41, 5.74) is -3.44. The number of benzene rings is 2. The molecule has 1 saturated heterocycles. The van der Waals surface area contributed by atoms with Crippen molar-refractivity contribution in [3.8, 4) is 11.5 Å². The molecule has 1 fully saturated rings. The van der Waals surface area contributed by atoms with Crippen LogP contribution in [0.25, 0.3) is 0 Å². The average molecular weight is 841 g/mol. The molecule has 0 bridgehead atoms. The molecule has 2 heterocycles. The first kappa shape index (κ1) is 45.6. The van der Waals surface area contributed by atoms with Crippen molar-refractivity contribution in [2.45, 2.75) is 98.1 Å². The maximum Gasteiger partial charge on any atom is 0.459 e. The summed E-state index contributed by atoms with van der Waals surface area (Å²) in [4.78, 5) is 52.1. The molecule has 20 heteroatoms. The van der Waals surface area contributed by atoms with Gasteiger partial charge in [0.2, 0.25) is 0 Å². The van der Waals surface area contributed by atoms with Crippen LogP contribution in [0.15, 0.2) is 76.4 Å². The van der Waals surface area contributed by atoms with E-state index >= 15 is 4.39 Å². The summed E-state index contributed by atoms with van der Waals surface area (Å²) in [7, 11) is -8.87. The van der Waals surface area contributed by atoms with Crippen LogP contribution in [-0.4, -0.2) is 71.8 Å². The van der Waals surface area contributed by atoms with Gasteiger partial charge < -0.3 is 23.3 Å². The minimum Gasteiger partial charge on any atom is -0.463 e. The van der Waals surface area contributed by atoms with Gasteiger partial charge in [-0.15, -0.1) is 0 Å². The molecule has 0 amide bonds. The zero-order chi connectivity index (χ0) is 42.0. The lowest BCUT2D eigenvalue weighted by Crippen LogP contribution is -2.44. The van der Waals surface area contributed by atoms with Crippen molar-refractivity contribution in [2.24, 2.45) is 5.41 Å². The van der Waals surface area contributed by atoms with Crippen LogP contribution >= 0.6 is 15.5 Å². The van der Waals surface area contributed by atoms with Gasteiger partial charge in [0.05, 0.1) is 36.9 Å².